The SMILES string of the molecule is CC(NS(=O)(=O)c1ccn[nH]1)C1CCCC1. The average molecular weight is 243 g/mol. The number of hydrogen-bond donors (Lipinski definition) is 2. The molecule has 0 amide bonds. The Morgan fingerprint density at radius 2 is 2.19 bits per heavy atom. The molecule has 1 unspecified atom stereocenters. The van der Waals surface area contributed by atoms with E-state index in [-0.39, 0.29) is 11.1 Å². The molecule has 1 saturated carbocycles. The number of nitrogens with one attached hydrogen (secondary N) is 2. The van der Waals surface area contributed by atoms with Crippen LogP contribution in [0.15, 0.2) is 17.3 Å². The predicted octanol–water partition coefficient (Wildman–Crippen LogP) is 1.27. The van der Waals surface area contributed by atoms with Crippen LogP contribution in [0.4, 0.5) is 0 Å². The summed E-state index contributed by atoms with van der Waals surface area (Å²) in [6.45, 7) is 1.93. The maximum Gasteiger partial charge on any atom is 0.257 e. The molecule has 0 radical (unpaired) electrons. The van der Waals surface area contributed by atoms with E-state index in [0.29, 0.717) is 5.92 Å². The summed E-state index contributed by atoms with van der Waals surface area (Å²) < 4.78 is 26.5. The second-order valence-corrected chi connectivity index (χ2v) is 6.06. The van der Waals surface area contributed by atoms with Gasteiger partial charge in [0.05, 0.1) is 6.20 Å². The molecule has 1 atom stereocenters. The van der Waals surface area contributed by atoms with E-state index in [9.17, 15) is 8.42 Å². The smallest absolute Gasteiger partial charge is 0.257 e. The van der Waals surface area contributed by atoms with Crippen LogP contribution in [0.5, 0.6) is 0 Å². The highest BCUT2D eigenvalue weighted by Crippen LogP contribution is 2.28. The molecule has 1 aromatic heterocycles. The number of aromatic amines is 1. The number of hydrogen-bond acceptors (Lipinski definition) is 3. The van der Waals surface area contributed by atoms with Crippen LogP contribution < -0.4 is 4.72 Å². The molecule has 1 fully saturated rings. The molecule has 1 aliphatic carbocycles. The van der Waals surface area contributed by atoms with Gasteiger partial charge >= 0.3 is 0 Å². The maximum atomic E-state index is 11.9. The summed E-state index contributed by atoms with van der Waals surface area (Å²) in [4.78, 5) is 0. The van der Waals surface area contributed by atoms with Crippen molar-refractivity contribution in [3.05, 3.63) is 12.3 Å². The molecule has 0 aliphatic heterocycles. The Hall–Kier alpha value is -0.880. The largest absolute Gasteiger partial charge is 0.266 e. The van der Waals surface area contributed by atoms with Crippen LogP contribution in [0.3, 0.4) is 0 Å². The van der Waals surface area contributed by atoms with Gasteiger partial charge < -0.3 is 0 Å². The quantitative estimate of drug-likeness (QED) is 0.836. The van der Waals surface area contributed by atoms with E-state index in [0.717, 1.165) is 12.8 Å². The number of rotatable bonds is 4. The lowest BCUT2D eigenvalue weighted by Gasteiger charge is -2.19. The van der Waals surface area contributed by atoms with Gasteiger partial charge in [-0.05, 0) is 31.7 Å². The first-order valence-electron chi connectivity index (χ1n) is 5.61. The van der Waals surface area contributed by atoms with Crippen molar-refractivity contribution in [2.24, 2.45) is 5.92 Å². The minimum atomic E-state index is -3.42. The van der Waals surface area contributed by atoms with Crippen LogP contribution in [-0.4, -0.2) is 24.7 Å². The summed E-state index contributed by atoms with van der Waals surface area (Å²) in [6, 6.07) is 1.46. The van der Waals surface area contributed by atoms with E-state index >= 15 is 0 Å². The third-order valence-electron chi connectivity index (χ3n) is 3.21. The Labute approximate surface area is 95.7 Å². The van der Waals surface area contributed by atoms with Crippen LogP contribution in [0.2, 0.25) is 0 Å². The minimum absolute atomic E-state index is 0.00389. The summed E-state index contributed by atoms with van der Waals surface area (Å²) in [5.41, 5.74) is 0. The first-order chi connectivity index (χ1) is 7.59. The Kier molecular flexibility index (Phi) is 3.30. The third kappa shape index (κ3) is 2.44. The fourth-order valence-corrected chi connectivity index (χ4v) is 3.48. The van der Waals surface area contributed by atoms with Crippen molar-refractivity contribution in [3.63, 3.8) is 0 Å². The van der Waals surface area contributed by atoms with E-state index in [1.807, 2.05) is 6.92 Å². The molecule has 0 aromatic carbocycles. The monoisotopic (exact) mass is 243 g/mol. The molecule has 0 spiro atoms. The van der Waals surface area contributed by atoms with Crippen LogP contribution in [0.25, 0.3) is 0 Å². The molecular weight excluding hydrogens is 226 g/mol. The van der Waals surface area contributed by atoms with Crippen molar-refractivity contribution < 1.29 is 8.42 Å². The number of sulfonamides is 1. The van der Waals surface area contributed by atoms with Gasteiger partial charge in [0.25, 0.3) is 10.0 Å². The van der Waals surface area contributed by atoms with E-state index in [2.05, 4.69) is 14.9 Å². The summed E-state index contributed by atoms with van der Waals surface area (Å²) in [7, 11) is -3.42. The lowest BCUT2D eigenvalue weighted by Crippen LogP contribution is -2.37. The Bertz CT molecular complexity index is 421. The molecular formula is C10H17N3O2S. The summed E-state index contributed by atoms with van der Waals surface area (Å²) in [6.07, 6.45) is 6.09. The zero-order valence-corrected chi connectivity index (χ0v) is 10.1. The fraction of sp³-hybridized carbons (Fsp3) is 0.700. The highest BCUT2D eigenvalue weighted by molar-refractivity contribution is 7.89. The maximum absolute atomic E-state index is 11.9. The number of H-pyrrole nitrogens is 1. The molecule has 2 rings (SSSR count). The lowest BCUT2D eigenvalue weighted by atomic mass is 10.0. The highest BCUT2D eigenvalue weighted by Gasteiger charge is 2.26. The van der Waals surface area contributed by atoms with Gasteiger partial charge in [0.15, 0.2) is 5.03 Å². The summed E-state index contributed by atoms with van der Waals surface area (Å²) in [5, 5.41) is 6.26. The van der Waals surface area contributed by atoms with Crippen molar-refractivity contribution in [2.45, 2.75) is 43.7 Å². The van der Waals surface area contributed by atoms with Crippen LogP contribution in [-0.2, 0) is 10.0 Å². The second kappa shape index (κ2) is 4.55. The van der Waals surface area contributed by atoms with E-state index in [1.54, 1.807) is 0 Å². The first-order valence-corrected chi connectivity index (χ1v) is 7.09. The molecule has 0 saturated heterocycles. The van der Waals surface area contributed by atoms with Gasteiger partial charge in [-0.2, -0.15) is 5.10 Å². The zero-order chi connectivity index (χ0) is 11.6. The van der Waals surface area contributed by atoms with Crippen molar-refractivity contribution >= 4 is 10.0 Å². The third-order valence-corrected chi connectivity index (χ3v) is 4.70. The molecule has 0 bridgehead atoms. The number of aromatic nitrogens is 2. The Balaban J connectivity index is 2.03. The van der Waals surface area contributed by atoms with E-state index < -0.39 is 10.0 Å². The van der Waals surface area contributed by atoms with Gasteiger partial charge in [-0.15, -0.1) is 0 Å². The van der Waals surface area contributed by atoms with Gasteiger partial charge in [0.2, 0.25) is 0 Å². The first kappa shape index (κ1) is 11.6. The zero-order valence-electron chi connectivity index (χ0n) is 9.31. The molecule has 5 nitrogen and oxygen atoms in total. The molecule has 90 valence electrons. The fourth-order valence-electron chi connectivity index (χ4n) is 2.25. The van der Waals surface area contributed by atoms with Gasteiger partial charge in [0.1, 0.15) is 0 Å². The van der Waals surface area contributed by atoms with Crippen LogP contribution in [0.1, 0.15) is 32.6 Å². The molecule has 6 heteroatoms. The normalized spacial score (nSPS) is 20.1. The topological polar surface area (TPSA) is 74.8 Å². The van der Waals surface area contributed by atoms with Gasteiger partial charge in [-0.3, -0.25) is 5.10 Å². The van der Waals surface area contributed by atoms with Gasteiger partial charge in [0, 0.05) is 6.04 Å². The van der Waals surface area contributed by atoms with Crippen molar-refractivity contribution in [1.29, 1.82) is 0 Å². The molecule has 16 heavy (non-hydrogen) atoms. The molecule has 2 N–H and O–H groups in total. The Morgan fingerprint density at radius 3 is 2.75 bits per heavy atom. The van der Waals surface area contributed by atoms with E-state index in [4.69, 9.17) is 0 Å². The predicted molar refractivity (Wildman–Crippen MR) is 60.3 cm³/mol. The van der Waals surface area contributed by atoms with Crippen molar-refractivity contribution in [1.82, 2.24) is 14.9 Å². The highest BCUT2D eigenvalue weighted by atomic mass is 32.2. The van der Waals surface area contributed by atoms with Crippen molar-refractivity contribution in [3.8, 4) is 0 Å². The van der Waals surface area contributed by atoms with E-state index in [1.165, 1.54) is 25.1 Å². The summed E-state index contributed by atoms with van der Waals surface area (Å²) in [5.74, 6) is 0.470. The standard InChI is InChI=1S/C10H17N3O2S/c1-8(9-4-2-3-5-9)13-16(14,15)10-6-7-11-12-10/h6-9,13H,2-5H2,1H3,(H,11,12). The van der Waals surface area contributed by atoms with Crippen molar-refractivity contribution in [2.75, 3.05) is 0 Å². The van der Waals surface area contributed by atoms with Crippen LogP contribution in [0, 0.1) is 5.92 Å². The number of nitrogens with zero attached hydrogens (tertiary/aromatic N) is 1. The summed E-state index contributed by atoms with van der Waals surface area (Å²) >= 11 is 0. The van der Waals surface area contributed by atoms with Gasteiger partial charge in [-0.25, -0.2) is 13.1 Å². The average Bonchev–Trinajstić information content (AvgIpc) is 2.91. The van der Waals surface area contributed by atoms with Crippen LogP contribution >= 0.6 is 0 Å². The second-order valence-electron chi connectivity index (χ2n) is 4.38. The van der Waals surface area contributed by atoms with Gasteiger partial charge in [-0.1, -0.05) is 12.8 Å². The Morgan fingerprint density at radius 1 is 1.50 bits per heavy atom. The molecule has 1 aliphatic rings. The lowest BCUT2D eigenvalue weighted by molar-refractivity contribution is 0.423. The molecule has 1 aromatic rings. The molecule has 1 heterocycles. The minimum Gasteiger partial charge on any atom is -0.266 e.